The summed E-state index contributed by atoms with van der Waals surface area (Å²) >= 11 is 0. The van der Waals surface area contributed by atoms with Gasteiger partial charge < -0.3 is 5.32 Å². The molecule has 1 aliphatic carbocycles. The monoisotopic (exact) mass is 195 g/mol. The van der Waals surface area contributed by atoms with Crippen molar-refractivity contribution in [2.24, 2.45) is 17.3 Å². The molecule has 2 fully saturated rings. The van der Waals surface area contributed by atoms with Gasteiger partial charge in [-0.05, 0) is 36.5 Å². The van der Waals surface area contributed by atoms with E-state index in [-0.39, 0.29) is 5.91 Å². The van der Waals surface area contributed by atoms with Crippen LogP contribution in [0.5, 0.6) is 0 Å². The number of hydrogen-bond donors (Lipinski definition) is 1. The summed E-state index contributed by atoms with van der Waals surface area (Å²) in [7, 11) is 0. The van der Waals surface area contributed by atoms with E-state index in [1.165, 1.54) is 12.8 Å². The van der Waals surface area contributed by atoms with Crippen molar-refractivity contribution in [3.8, 4) is 0 Å². The van der Waals surface area contributed by atoms with Gasteiger partial charge in [-0.3, -0.25) is 4.79 Å². The van der Waals surface area contributed by atoms with Crippen molar-refractivity contribution in [2.75, 3.05) is 0 Å². The van der Waals surface area contributed by atoms with Crippen molar-refractivity contribution >= 4 is 5.91 Å². The maximum absolute atomic E-state index is 11.4. The lowest BCUT2D eigenvalue weighted by molar-refractivity contribution is -0.120. The number of carbonyl (C=O) groups is 1. The molecule has 1 unspecified atom stereocenters. The van der Waals surface area contributed by atoms with Crippen LogP contribution < -0.4 is 5.32 Å². The molecule has 1 N–H and O–H groups in total. The zero-order chi connectivity index (χ0) is 10.3. The Labute approximate surface area is 86.5 Å². The van der Waals surface area contributed by atoms with Gasteiger partial charge in [-0.2, -0.15) is 0 Å². The Kier molecular flexibility index (Phi) is 2.32. The van der Waals surface area contributed by atoms with E-state index in [2.05, 4.69) is 26.1 Å². The lowest BCUT2D eigenvalue weighted by Gasteiger charge is -2.47. The predicted octanol–water partition coefficient (Wildman–Crippen LogP) is 2.34. The quantitative estimate of drug-likeness (QED) is 0.720. The summed E-state index contributed by atoms with van der Waals surface area (Å²) in [6.07, 6.45) is 4.44. The summed E-state index contributed by atoms with van der Waals surface area (Å²) in [4.78, 5) is 11.4. The SMILES string of the molecule is CC(C)CC1NC(=O)CC12CC(C)C2. The molecule has 0 aromatic carbocycles. The molecular formula is C12H21NO. The molecule has 0 aromatic rings. The van der Waals surface area contributed by atoms with Gasteiger partial charge in [-0.15, -0.1) is 0 Å². The minimum absolute atomic E-state index is 0.280. The summed E-state index contributed by atoms with van der Waals surface area (Å²) in [5.41, 5.74) is 0.348. The molecule has 1 aliphatic heterocycles. The van der Waals surface area contributed by atoms with Crippen LogP contribution in [-0.4, -0.2) is 11.9 Å². The summed E-state index contributed by atoms with van der Waals surface area (Å²) < 4.78 is 0. The third kappa shape index (κ3) is 1.55. The fourth-order valence-electron chi connectivity index (χ4n) is 3.38. The maximum Gasteiger partial charge on any atom is 0.220 e. The van der Waals surface area contributed by atoms with Crippen LogP contribution in [0.1, 0.15) is 46.5 Å². The first kappa shape index (κ1) is 10.0. The van der Waals surface area contributed by atoms with Gasteiger partial charge in [0, 0.05) is 12.5 Å². The van der Waals surface area contributed by atoms with E-state index >= 15 is 0 Å². The normalized spacial score (nSPS) is 41.6. The highest BCUT2D eigenvalue weighted by molar-refractivity contribution is 5.80. The Morgan fingerprint density at radius 1 is 1.50 bits per heavy atom. The molecule has 2 heteroatoms. The van der Waals surface area contributed by atoms with E-state index in [0.717, 1.165) is 18.8 Å². The van der Waals surface area contributed by atoms with Crippen molar-refractivity contribution < 1.29 is 4.79 Å². The Morgan fingerprint density at radius 3 is 2.64 bits per heavy atom. The van der Waals surface area contributed by atoms with Gasteiger partial charge in [0.15, 0.2) is 0 Å². The number of carbonyl (C=O) groups excluding carboxylic acids is 1. The lowest BCUT2D eigenvalue weighted by atomic mass is 9.58. The molecule has 0 aromatic heterocycles. The Hall–Kier alpha value is -0.530. The standard InChI is InChI=1S/C12H21NO/c1-8(2)4-10-12(5-9(3)6-12)7-11(14)13-10/h8-10H,4-7H2,1-3H3,(H,13,14). The van der Waals surface area contributed by atoms with Gasteiger partial charge in [0.25, 0.3) is 0 Å². The molecule has 80 valence electrons. The first-order valence-corrected chi connectivity index (χ1v) is 5.81. The van der Waals surface area contributed by atoms with Gasteiger partial charge in [0.2, 0.25) is 5.91 Å². The number of rotatable bonds is 2. The minimum atomic E-state index is 0.280. The molecule has 2 aliphatic rings. The minimum Gasteiger partial charge on any atom is -0.353 e. The van der Waals surface area contributed by atoms with E-state index in [9.17, 15) is 4.79 Å². The second-order valence-electron chi connectivity index (χ2n) is 5.80. The molecule has 1 amide bonds. The zero-order valence-corrected chi connectivity index (χ0v) is 9.47. The molecule has 2 rings (SSSR count). The Morgan fingerprint density at radius 2 is 2.14 bits per heavy atom. The van der Waals surface area contributed by atoms with Crippen molar-refractivity contribution in [2.45, 2.75) is 52.5 Å². The van der Waals surface area contributed by atoms with Crippen LogP contribution in [0.2, 0.25) is 0 Å². The van der Waals surface area contributed by atoms with Crippen molar-refractivity contribution in [1.29, 1.82) is 0 Å². The van der Waals surface area contributed by atoms with E-state index in [4.69, 9.17) is 0 Å². The van der Waals surface area contributed by atoms with Crippen LogP contribution in [0.4, 0.5) is 0 Å². The molecule has 0 bridgehead atoms. The van der Waals surface area contributed by atoms with E-state index in [1.807, 2.05) is 0 Å². The lowest BCUT2D eigenvalue weighted by Crippen LogP contribution is -2.46. The Bertz CT molecular complexity index is 241. The molecule has 0 radical (unpaired) electrons. The molecule has 2 nitrogen and oxygen atoms in total. The predicted molar refractivity (Wildman–Crippen MR) is 56.8 cm³/mol. The summed E-state index contributed by atoms with van der Waals surface area (Å²) in [5, 5.41) is 3.16. The topological polar surface area (TPSA) is 29.1 Å². The van der Waals surface area contributed by atoms with Crippen molar-refractivity contribution in [1.82, 2.24) is 5.32 Å². The molecule has 1 saturated carbocycles. The van der Waals surface area contributed by atoms with Crippen molar-refractivity contribution in [3.05, 3.63) is 0 Å². The number of amides is 1. The summed E-state index contributed by atoms with van der Waals surface area (Å²) in [5.74, 6) is 1.80. The Balaban J connectivity index is 2.04. The molecular weight excluding hydrogens is 174 g/mol. The van der Waals surface area contributed by atoms with Gasteiger partial charge in [0.05, 0.1) is 0 Å². The van der Waals surface area contributed by atoms with Gasteiger partial charge in [-0.1, -0.05) is 20.8 Å². The van der Waals surface area contributed by atoms with Crippen LogP contribution in [-0.2, 0) is 4.79 Å². The average Bonchev–Trinajstić information content (AvgIpc) is 2.25. The van der Waals surface area contributed by atoms with Crippen molar-refractivity contribution in [3.63, 3.8) is 0 Å². The molecule has 1 saturated heterocycles. The van der Waals surface area contributed by atoms with E-state index in [1.54, 1.807) is 0 Å². The third-order valence-electron chi connectivity index (χ3n) is 3.80. The summed E-state index contributed by atoms with van der Waals surface area (Å²) in [6.45, 7) is 6.76. The van der Waals surface area contributed by atoms with Crippen LogP contribution >= 0.6 is 0 Å². The fourth-order valence-corrected chi connectivity index (χ4v) is 3.38. The van der Waals surface area contributed by atoms with Gasteiger partial charge in [-0.25, -0.2) is 0 Å². The maximum atomic E-state index is 11.4. The summed E-state index contributed by atoms with van der Waals surface area (Å²) in [6, 6.07) is 0.464. The average molecular weight is 195 g/mol. The van der Waals surface area contributed by atoms with Crippen LogP contribution in [0.25, 0.3) is 0 Å². The van der Waals surface area contributed by atoms with Crippen LogP contribution in [0.15, 0.2) is 0 Å². The molecule has 14 heavy (non-hydrogen) atoms. The van der Waals surface area contributed by atoms with E-state index < -0.39 is 0 Å². The highest BCUT2D eigenvalue weighted by atomic mass is 16.2. The molecule has 1 spiro atoms. The van der Waals surface area contributed by atoms with Gasteiger partial charge >= 0.3 is 0 Å². The zero-order valence-electron chi connectivity index (χ0n) is 9.47. The second-order valence-corrected chi connectivity index (χ2v) is 5.80. The molecule has 1 heterocycles. The molecule has 1 atom stereocenters. The third-order valence-corrected chi connectivity index (χ3v) is 3.80. The first-order chi connectivity index (χ1) is 6.52. The fraction of sp³-hybridized carbons (Fsp3) is 0.917. The number of hydrogen-bond acceptors (Lipinski definition) is 1. The second kappa shape index (κ2) is 3.25. The van der Waals surface area contributed by atoms with Gasteiger partial charge in [0.1, 0.15) is 0 Å². The first-order valence-electron chi connectivity index (χ1n) is 5.81. The van der Waals surface area contributed by atoms with E-state index in [0.29, 0.717) is 17.4 Å². The van der Waals surface area contributed by atoms with Crippen LogP contribution in [0.3, 0.4) is 0 Å². The van der Waals surface area contributed by atoms with Crippen LogP contribution in [0, 0.1) is 17.3 Å². The smallest absolute Gasteiger partial charge is 0.220 e. The highest BCUT2D eigenvalue weighted by Crippen LogP contribution is 2.54. The largest absolute Gasteiger partial charge is 0.353 e. The highest BCUT2D eigenvalue weighted by Gasteiger charge is 2.53. The number of nitrogens with one attached hydrogen (secondary N) is 1.